The number of hydrogen-bond donors (Lipinski definition) is 1. The Bertz CT molecular complexity index is 727. The topological polar surface area (TPSA) is 24.9 Å². The van der Waals surface area contributed by atoms with Gasteiger partial charge in [0.2, 0.25) is 0 Å². The Kier molecular flexibility index (Phi) is 4.32. The molecule has 0 fully saturated rings. The average Bonchev–Trinajstić information content (AvgIpc) is 2.94. The Morgan fingerprint density at radius 1 is 1.14 bits per heavy atom. The fraction of sp³-hybridized carbons (Fsp3) is 0.278. The Balaban J connectivity index is 2.12. The van der Waals surface area contributed by atoms with Gasteiger partial charge in [-0.05, 0) is 36.2 Å². The van der Waals surface area contributed by atoms with Crippen LogP contribution in [0.25, 0.3) is 10.8 Å². The minimum atomic E-state index is 0.226. The van der Waals surface area contributed by atoms with Crippen LogP contribution in [0.1, 0.15) is 35.5 Å². The maximum absolute atomic E-state index is 4.43. The maximum atomic E-state index is 4.43. The summed E-state index contributed by atoms with van der Waals surface area (Å²) in [5.41, 5.74) is 4.41. The molecule has 3 aromatic rings. The van der Waals surface area contributed by atoms with Crippen molar-refractivity contribution in [3.05, 3.63) is 64.1 Å². The van der Waals surface area contributed by atoms with E-state index in [1.807, 2.05) is 5.51 Å². The predicted molar refractivity (Wildman–Crippen MR) is 90.9 cm³/mol. The third-order valence-electron chi connectivity index (χ3n) is 3.78. The molecule has 0 saturated heterocycles. The molecule has 0 aliphatic carbocycles. The van der Waals surface area contributed by atoms with Crippen molar-refractivity contribution in [3.8, 4) is 0 Å². The van der Waals surface area contributed by atoms with E-state index in [-0.39, 0.29) is 6.04 Å². The highest BCUT2D eigenvalue weighted by atomic mass is 32.1. The van der Waals surface area contributed by atoms with Gasteiger partial charge in [-0.15, -0.1) is 11.3 Å². The quantitative estimate of drug-likeness (QED) is 0.738. The Morgan fingerprint density at radius 2 is 1.95 bits per heavy atom. The number of hydrogen-bond acceptors (Lipinski definition) is 3. The number of aromatic nitrogens is 1. The van der Waals surface area contributed by atoms with Crippen molar-refractivity contribution in [3.63, 3.8) is 0 Å². The third-order valence-corrected chi connectivity index (χ3v) is 4.77. The van der Waals surface area contributed by atoms with Crippen LogP contribution in [0.2, 0.25) is 0 Å². The SMILES string of the molecule is CCCNC(c1scnc1C)c1cccc2ccccc12. The average molecular weight is 296 g/mol. The van der Waals surface area contributed by atoms with Gasteiger partial charge in [0.15, 0.2) is 0 Å². The van der Waals surface area contributed by atoms with Gasteiger partial charge in [-0.3, -0.25) is 0 Å². The molecule has 0 radical (unpaired) electrons. The zero-order valence-electron chi connectivity index (χ0n) is 12.5. The predicted octanol–water partition coefficient (Wildman–Crippen LogP) is 4.69. The summed E-state index contributed by atoms with van der Waals surface area (Å²) in [6.07, 6.45) is 1.12. The number of thiazole rings is 1. The molecule has 0 saturated carbocycles. The molecule has 0 amide bonds. The van der Waals surface area contributed by atoms with Gasteiger partial charge in [0.25, 0.3) is 0 Å². The lowest BCUT2D eigenvalue weighted by Gasteiger charge is -2.20. The monoisotopic (exact) mass is 296 g/mol. The van der Waals surface area contributed by atoms with E-state index >= 15 is 0 Å². The molecule has 108 valence electrons. The van der Waals surface area contributed by atoms with E-state index in [9.17, 15) is 0 Å². The number of nitrogens with one attached hydrogen (secondary N) is 1. The van der Waals surface area contributed by atoms with Gasteiger partial charge in [-0.25, -0.2) is 4.98 Å². The molecule has 0 aliphatic rings. The van der Waals surface area contributed by atoms with E-state index < -0.39 is 0 Å². The van der Waals surface area contributed by atoms with Gasteiger partial charge in [-0.1, -0.05) is 49.4 Å². The van der Waals surface area contributed by atoms with E-state index in [1.54, 1.807) is 11.3 Å². The number of aryl methyl sites for hydroxylation is 1. The summed E-state index contributed by atoms with van der Waals surface area (Å²) in [6, 6.07) is 15.4. The highest BCUT2D eigenvalue weighted by molar-refractivity contribution is 7.09. The normalized spacial score (nSPS) is 12.7. The van der Waals surface area contributed by atoms with Crippen LogP contribution in [0, 0.1) is 6.92 Å². The van der Waals surface area contributed by atoms with Crippen LogP contribution in [0.3, 0.4) is 0 Å². The lowest BCUT2D eigenvalue weighted by molar-refractivity contribution is 0.606. The van der Waals surface area contributed by atoms with Crippen molar-refractivity contribution >= 4 is 22.1 Å². The standard InChI is InChI=1S/C18H20N2S/c1-3-11-19-17(18-13(2)20-12-21-18)16-10-6-8-14-7-4-5-9-15(14)16/h4-10,12,17,19H,3,11H2,1-2H3. The molecule has 1 atom stereocenters. The molecular weight excluding hydrogens is 276 g/mol. The molecular formula is C18H20N2S. The Labute approximate surface area is 129 Å². The van der Waals surface area contributed by atoms with Crippen LogP contribution in [-0.2, 0) is 0 Å². The van der Waals surface area contributed by atoms with E-state index in [2.05, 4.69) is 66.6 Å². The maximum Gasteiger partial charge on any atom is 0.0798 e. The number of fused-ring (bicyclic) bond motifs is 1. The number of benzene rings is 2. The smallest absolute Gasteiger partial charge is 0.0798 e. The molecule has 3 rings (SSSR count). The molecule has 1 heterocycles. The molecule has 1 aromatic heterocycles. The molecule has 2 nitrogen and oxygen atoms in total. The molecule has 0 aliphatic heterocycles. The largest absolute Gasteiger partial charge is 0.306 e. The zero-order valence-corrected chi connectivity index (χ0v) is 13.3. The molecule has 1 unspecified atom stereocenters. The molecule has 0 bridgehead atoms. The highest BCUT2D eigenvalue weighted by Gasteiger charge is 2.19. The van der Waals surface area contributed by atoms with Crippen LogP contribution in [0.4, 0.5) is 0 Å². The first-order valence-corrected chi connectivity index (χ1v) is 8.30. The van der Waals surface area contributed by atoms with Crippen molar-refractivity contribution in [1.29, 1.82) is 0 Å². The van der Waals surface area contributed by atoms with Gasteiger partial charge < -0.3 is 5.32 Å². The van der Waals surface area contributed by atoms with Crippen LogP contribution in [0.5, 0.6) is 0 Å². The first kappa shape index (κ1) is 14.2. The summed E-state index contributed by atoms with van der Waals surface area (Å²) in [5.74, 6) is 0. The summed E-state index contributed by atoms with van der Waals surface area (Å²) < 4.78 is 0. The van der Waals surface area contributed by atoms with Crippen LogP contribution in [-0.4, -0.2) is 11.5 Å². The summed E-state index contributed by atoms with van der Waals surface area (Å²) in [7, 11) is 0. The second-order valence-electron chi connectivity index (χ2n) is 5.26. The molecule has 0 spiro atoms. The fourth-order valence-electron chi connectivity index (χ4n) is 2.72. The number of nitrogens with zero attached hydrogens (tertiary/aromatic N) is 1. The van der Waals surface area contributed by atoms with Gasteiger partial charge in [0.05, 0.1) is 17.2 Å². The van der Waals surface area contributed by atoms with E-state index in [4.69, 9.17) is 0 Å². The van der Waals surface area contributed by atoms with E-state index in [0.29, 0.717) is 0 Å². The van der Waals surface area contributed by atoms with E-state index in [1.165, 1.54) is 21.2 Å². The van der Waals surface area contributed by atoms with Crippen molar-refractivity contribution < 1.29 is 0 Å². The highest BCUT2D eigenvalue weighted by Crippen LogP contribution is 2.32. The van der Waals surface area contributed by atoms with Gasteiger partial charge in [0.1, 0.15) is 0 Å². The van der Waals surface area contributed by atoms with Crippen LogP contribution in [0.15, 0.2) is 48.0 Å². The van der Waals surface area contributed by atoms with Gasteiger partial charge in [0, 0.05) is 4.88 Å². The van der Waals surface area contributed by atoms with Crippen molar-refractivity contribution in [2.45, 2.75) is 26.3 Å². The second kappa shape index (κ2) is 6.37. The molecule has 3 heteroatoms. The van der Waals surface area contributed by atoms with Gasteiger partial charge in [-0.2, -0.15) is 0 Å². The summed E-state index contributed by atoms with van der Waals surface area (Å²) in [6.45, 7) is 5.30. The van der Waals surface area contributed by atoms with Crippen LogP contribution >= 0.6 is 11.3 Å². The fourth-order valence-corrected chi connectivity index (χ4v) is 3.62. The Hall–Kier alpha value is -1.71. The second-order valence-corrected chi connectivity index (χ2v) is 6.14. The lowest BCUT2D eigenvalue weighted by atomic mass is 9.97. The molecule has 21 heavy (non-hydrogen) atoms. The first-order valence-electron chi connectivity index (χ1n) is 7.42. The lowest BCUT2D eigenvalue weighted by Crippen LogP contribution is -2.23. The summed E-state index contributed by atoms with van der Waals surface area (Å²) in [5, 5.41) is 6.30. The molecule has 1 N–H and O–H groups in total. The van der Waals surface area contributed by atoms with E-state index in [0.717, 1.165) is 18.7 Å². The Morgan fingerprint density at radius 3 is 2.71 bits per heavy atom. The summed E-state index contributed by atoms with van der Waals surface area (Å²) in [4.78, 5) is 5.75. The van der Waals surface area contributed by atoms with Gasteiger partial charge >= 0.3 is 0 Å². The van der Waals surface area contributed by atoms with Crippen molar-refractivity contribution in [1.82, 2.24) is 10.3 Å². The number of rotatable bonds is 5. The minimum Gasteiger partial charge on any atom is -0.306 e. The summed E-state index contributed by atoms with van der Waals surface area (Å²) >= 11 is 1.74. The van der Waals surface area contributed by atoms with Crippen molar-refractivity contribution in [2.75, 3.05) is 6.54 Å². The third kappa shape index (κ3) is 2.85. The van der Waals surface area contributed by atoms with Crippen molar-refractivity contribution in [2.24, 2.45) is 0 Å². The first-order chi connectivity index (χ1) is 10.3. The minimum absolute atomic E-state index is 0.226. The molecule has 2 aromatic carbocycles. The van der Waals surface area contributed by atoms with Crippen LogP contribution < -0.4 is 5.32 Å². The zero-order chi connectivity index (χ0) is 14.7.